The smallest absolute Gasteiger partial charge is 0.339 e. The zero-order chi connectivity index (χ0) is 11.5. The van der Waals surface area contributed by atoms with Crippen molar-refractivity contribution in [1.29, 1.82) is 0 Å². The van der Waals surface area contributed by atoms with E-state index in [-0.39, 0.29) is 0 Å². The number of hydrogen-bond acceptors (Lipinski definition) is 2. The van der Waals surface area contributed by atoms with Gasteiger partial charge in [-0.05, 0) is 18.1 Å². The zero-order valence-electron chi connectivity index (χ0n) is 9.05. The van der Waals surface area contributed by atoms with Crippen molar-refractivity contribution in [1.82, 2.24) is 9.78 Å². The number of amides is 1. The lowest BCUT2D eigenvalue weighted by Crippen LogP contribution is -2.19. The maximum atomic E-state index is 10.8. The molecule has 2 rings (SSSR count). The fraction of sp³-hybridized carbons (Fsp3) is 0.167. The Morgan fingerprint density at radius 3 is 2.88 bits per heavy atom. The molecule has 0 saturated heterocycles. The van der Waals surface area contributed by atoms with Crippen LogP contribution in [0, 0.1) is 6.92 Å². The van der Waals surface area contributed by atoms with Crippen LogP contribution in [-0.2, 0) is 6.42 Å². The number of primary amides is 1. The van der Waals surface area contributed by atoms with E-state index >= 15 is 0 Å². The molecule has 16 heavy (non-hydrogen) atoms. The summed E-state index contributed by atoms with van der Waals surface area (Å²) in [6.07, 6.45) is 4.08. The Morgan fingerprint density at radius 1 is 1.44 bits per heavy atom. The van der Waals surface area contributed by atoms with Crippen molar-refractivity contribution in [3.05, 3.63) is 53.3 Å². The third-order valence-corrected chi connectivity index (χ3v) is 2.35. The maximum Gasteiger partial charge on any atom is 0.339 e. The molecular formula is C12H13N3O. The minimum atomic E-state index is -0.560. The molecule has 4 heteroatoms. The molecule has 1 aromatic carbocycles. The number of carbonyl (C=O) groups excluding carboxylic acids is 1. The van der Waals surface area contributed by atoms with Gasteiger partial charge in [0.05, 0.1) is 6.20 Å². The quantitative estimate of drug-likeness (QED) is 0.828. The summed E-state index contributed by atoms with van der Waals surface area (Å²) in [4.78, 5) is 10.8. The normalized spacial score (nSPS) is 10.3. The number of carbonyl (C=O) groups is 1. The van der Waals surface area contributed by atoms with Crippen molar-refractivity contribution >= 4 is 6.03 Å². The molecule has 0 unspecified atom stereocenters. The first-order valence-electron chi connectivity index (χ1n) is 5.04. The average Bonchev–Trinajstić information content (AvgIpc) is 2.66. The van der Waals surface area contributed by atoms with E-state index < -0.39 is 6.03 Å². The lowest BCUT2D eigenvalue weighted by atomic mass is 10.1. The zero-order valence-corrected chi connectivity index (χ0v) is 9.05. The van der Waals surface area contributed by atoms with E-state index in [9.17, 15) is 4.79 Å². The molecule has 0 aliphatic rings. The number of aromatic nitrogens is 2. The molecule has 0 fully saturated rings. The highest BCUT2D eigenvalue weighted by atomic mass is 16.2. The molecule has 0 atom stereocenters. The van der Waals surface area contributed by atoms with Crippen molar-refractivity contribution in [2.24, 2.45) is 5.73 Å². The fourth-order valence-electron chi connectivity index (χ4n) is 1.63. The van der Waals surface area contributed by atoms with Crippen molar-refractivity contribution in [2.45, 2.75) is 13.3 Å². The minimum Gasteiger partial charge on any atom is -0.350 e. The van der Waals surface area contributed by atoms with Crippen molar-refractivity contribution in [2.75, 3.05) is 0 Å². The summed E-state index contributed by atoms with van der Waals surface area (Å²) in [7, 11) is 0. The van der Waals surface area contributed by atoms with E-state index in [0.717, 1.165) is 16.7 Å². The molecule has 0 radical (unpaired) electrons. The minimum absolute atomic E-state index is 0.560. The lowest BCUT2D eigenvalue weighted by Gasteiger charge is -1.99. The first-order chi connectivity index (χ1) is 7.65. The van der Waals surface area contributed by atoms with E-state index in [1.165, 1.54) is 11.1 Å². The highest BCUT2D eigenvalue weighted by Gasteiger charge is 2.03. The fourth-order valence-corrected chi connectivity index (χ4v) is 1.63. The second kappa shape index (κ2) is 4.18. The molecule has 0 spiro atoms. The van der Waals surface area contributed by atoms with Crippen LogP contribution in [0.15, 0.2) is 36.7 Å². The van der Waals surface area contributed by atoms with Gasteiger partial charge in [-0.25, -0.2) is 4.79 Å². The van der Waals surface area contributed by atoms with Crippen molar-refractivity contribution in [3.8, 4) is 0 Å². The second-order valence-corrected chi connectivity index (χ2v) is 3.80. The van der Waals surface area contributed by atoms with Crippen molar-refractivity contribution < 1.29 is 4.79 Å². The molecule has 82 valence electrons. The summed E-state index contributed by atoms with van der Waals surface area (Å²) < 4.78 is 1.14. The van der Waals surface area contributed by atoms with Gasteiger partial charge in [0.15, 0.2) is 0 Å². The second-order valence-electron chi connectivity index (χ2n) is 3.80. The van der Waals surface area contributed by atoms with Crippen LogP contribution in [0.25, 0.3) is 0 Å². The molecule has 1 amide bonds. The number of rotatable bonds is 2. The number of aryl methyl sites for hydroxylation is 1. The molecule has 2 aromatic rings. The predicted octanol–water partition coefficient (Wildman–Crippen LogP) is 1.71. The van der Waals surface area contributed by atoms with Crippen molar-refractivity contribution in [3.63, 3.8) is 0 Å². The molecular weight excluding hydrogens is 202 g/mol. The van der Waals surface area contributed by atoms with Gasteiger partial charge in [-0.3, -0.25) is 0 Å². The monoisotopic (exact) mass is 215 g/mol. The summed E-state index contributed by atoms with van der Waals surface area (Å²) in [5.74, 6) is 0. The Morgan fingerprint density at radius 2 is 2.25 bits per heavy atom. The average molecular weight is 215 g/mol. The Labute approximate surface area is 93.7 Å². The summed E-state index contributed by atoms with van der Waals surface area (Å²) in [6, 6.07) is 7.67. The van der Waals surface area contributed by atoms with Crippen LogP contribution in [-0.4, -0.2) is 15.8 Å². The maximum absolute atomic E-state index is 10.8. The van der Waals surface area contributed by atoms with Crippen LogP contribution in [0.3, 0.4) is 0 Å². The van der Waals surface area contributed by atoms with E-state index in [1.54, 1.807) is 12.4 Å². The van der Waals surface area contributed by atoms with Gasteiger partial charge in [-0.2, -0.15) is 9.78 Å². The first kappa shape index (κ1) is 10.4. The van der Waals surface area contributed by atoms with E-state index in [1.807, 2.05) is 6.07 Å². The molecule has 0 bridgehead atoms. The van der Waals surface area contributed by atoms with Gasteiger partial charge in [0.25, 0.3) is 0 Å². The molecule has 0 saturated carbocycles. The summed E-state index contributed by atoms with van der Waals surface area (Å²) in [5, 5.41) is 3.88. The number of hydrogen-bond donors (Lipinski definition) is 1. The summed E-state index contributed by atoms with van der Waals surface area (Å²) >= 11 is 0. The number of nitrogens with two attached hydrogens (primary N) is 1. The Kier molecular flexibility index (Phi) is 2.72. The van der Waals surface area contributed by atoms with Gasteiger partial charge in [0.1, 0.15) is 0 Å². The Bertz CT molecular complexity index is 516. The van der Waals surface area contributed by atoms with Gasteiger partial charge in [0.2, 0.25) is 0 Å². The van der Waals surface area contributed by atoms with Gasteiger partial charge >= 0.3 is 6.03 Å². The van der Waals surface area contributed by atoms with Crippen LogP contribution < -0.4 is 5.73 Å². The van der Waals surface area contributed by atoms with Gasteiger partial charge in [-0.15, -0.1) is 0 Å². The van der Waals surface area contributed by atoms with Crippen LogP contribution in [0.1, 0.15) is 16.7 Å². The Balaban J connectivity index is 2.17. The van der Waals surface area contributed by atoms with Crippen LogP contribution in [0.5, 0.6) is 0 Å². The number of benzene rings is 1. The number of nitrogens with zero attached hydrogens (tertiary/aromatic N) is 2. The molecule has 2 N–H and O–H groups in total. The van der Waals surface area contributed by atoms with E-state index in [0.29, 0.717) is 0 Å². The first-order valence-corrected chi connectivity index (χ1v) is 5.04. The van der Waals surface area contributed by atoms with Gasteiger partial charge < -0.3 is 5.73 Å². The molecule has 0 aliphatic heterocycles. The molecule has 1 aromatic heterocycles. The van der Waals surface area contributed by atoms with Gasteiger partial charge in [0, 0.05) is 12.6 Å². The SMILES string of the molecule is Cc1cccc(Cc2cnn(C(N)=O)c2)c1. The topological polar surface area (TPSA) is 60.9 Å². The lowest BCUT2D eigenvalue weighted by molar-refractivity contribution is 0.247. The van der Waals surface area contributed by atoms with Crippen LogP contribution in [0.4, 0.5) is 4.79 Å². The standard InChI is InChI=1S/C12H13N3O/c1-9-3-2-4-10(5-9)6-11-7-14-15(8-11)12(13)16/h2-5,7-8H,6H2,1H3,(H2,13,16). The Hall–Kier alpha value is -2.10. The predicted molar refractivity (Wildman–Crippen MR) is 61.2 cm³/mol. The highest BCUT2D eigenvalue weighted by Crippen LogP contribution is 2.10. The highest BCUT2D eigenvalue weighted by molar-refractivity contribution is 5.73. The molecule has 1 heterocycles. The third kappa shape index (κ3) is 2.28. The largest absolute Gasteiger partial charge is 0.350 e. The van der Waals surface area contributed by atoms with E-state index in [2.05, 4.69) is 30.2 Å². The molecule has 4 nitrogen and oxygen atoms in total. The summed E-state index contributed by atoms with van der Waals surface area (Å²) in [6.45, 7) is 2.05. The summed E-state index contributed by atoms with van der Waals surface area (Å²) in [5.41, 5.74) is 8.50. The van der Waals surface area contributed by atoms with Gasteiger partial charge in [-0.1, -0.05) is 29.8 Å². The third-order valence-electron chi connectivity index (χ3n) is 2.35. The van der Waals surface area contributed by atoms with Crippen LogP contribution in [0.2, 0.25) is 0 Å². The molecule has 0 aliphatic carbocycles. The van der Waals surface area contributed by atoms with E-state index in [4.69, 9.17) is 5.73 Å². The van der Waals surface area contributed by atoms with Crippen LogP contribution >= 0.6 is 0 Å².